The van der Waals surface area contributed by atoms with E-state index in [0.717, 1.165) is 11.1 Å². The molecule has 28 heavy (non-hydrogen) atoms. The first-order valence-electron chi connectivity index (χ1n) is 8.56. The predicted octanol–water partition coefficient (Wildman–Crippen LogP) is 3.31. The van der Waals surface area contributed by atoms with Crippen molar-refractivity contribution in [1.82, 2.24) is 10.7 Å². The maximum atomic E-state index is 11.6. The average Bonchev–Trinajstić information content (AvgIpc) is 2.67. The van der Waals surface area contributed by atoms with Gasteiger partial charge in [-0.2, -0.15) is 5.10 Å². The third kappa shape index (κ3) is 5.65. The fourth-order valence-corrected chi connectivity index (χ4v) is 2.60. The molecule has 2 aromatic rings. The highest BCUT2D eigenvalue weighted by atomic mass is 32.1. The number of benzene rings is 2. The summed E-state index contributed by atoms with van der Waals surface area (Å²) in [6.07, 6.45) is 1.42. The van der Waals surface area contributed by atoms with E-state index >= 15 is 0 Å². The highest BCUT2D eigenvalue weighted by Gasteiger charge is 2.22. The largest absolute Gasteiger partial charge is 0.493 e. The van der Waals surface area contributed by atoms with E-state index in [1.807, 2.05) is 38.1 Å². The number of hydrazone groups is 1. The summed E-state index contributed by atoms with van der Waals surface area (Å²) in [7, 11) is 1.43. The number of nitrogens with zero attached hydrogens (tertiary/aromatic N) is 2. The van der Waals surface area contributed by atoms with Gasteiger partial charge in [-0.25, -0.2) is 0 Å². The molecule has 0 atom stereocenters. The lowest BCUT2D eigenvalue weighted by atomic mass is 10.1. The fraction of sp³-hybridized carbons (Fsp3) is 0.263. The summed E-state index contributed by atoms with van der Waals surface area (Å²) >= 11 is 5.01. The second-order valence-corrected chi connectivity index (χ2v) is 6.18. The van der Waals surface area contributed by atoms with Crippen LogP contribution in [0.3, 0.4) is 0 Å². The molecule has 2 rings (SSSR count). The molecule has 0 aliphatic heterocycles. The van der Waals surface area contributed by atoms with Gasteiger partial charge < -0.3 is 14.8 Å². The highest BCUT2D eigenvalue weighted by Crippen LogP contribution is 2.38. The summed E-state index contributed by atoms with van der Waals surface area (Å²) in [4.78, 5) is 11.1. The van der Waals surface area contributed by atoms with Gasteiger partial charge in [-0.15, -0.1) is 0 Å². The monoisotopic (exact) mass is 402 g/mol. The van der Waals surface area contributed by atoms with Gasteiger partial charge in [0.25, 0.3) is 0 Å². The maximum absolute atomic E-state index is 11.6. The van der Waals surface area contributed by atoms with Crippen LogP contribution in [0.2, 0.25) is 0 Å². The molecule has 0 radical (unpaired) electrons. The number of nitro benzene ring substituents is 1. The van der Waals surface area contributed by atoms with Gasteiger partial charge in [0, 0.05) is 18.2 Å². The lowest BCUT2D eigenvalue weighted by molar-refractivity contribution is -0.386. The zero-order valence-electron chi connectivity index (χ0n) is 15.9. The Bertz CT molecular complexity index is 886. The number of ether oxygens (including phenoxy) is 2. The molecule has 0 bridgehead atoms. The van der Waals surface area contributed by atoms with Crippen molar-refractivity contribution >= 4 is 29.2 Å². The molecule has 0 aliphatic rings. The van der Waals surface area contributed by atoms with Crippen LogP contribution >= 0.6 is 12.2 Å². The van der Waals surface area contributed by atoms with Crippen molar-refractivity contribution < 1.29 is 14.4 Å². The normalized spacial score (nSPS) is 10.5. The second kappa shape index (κ2) is 10.2. The van der Waals surface area contributed by atoms with Gasteiger partial charge in [0.2, 0.25) is 5.75 Å². The van der Waals surface area contributed by atoms with Crippen LogP contribution in [0.25, 0.3) is 0 Å². The Kier molecular flexibility index (Phi) is 7.70. The Morgan fingerprint density at radius 1 is 1.36 bits per heavy atom. The molecule has 0 heterocycles. The molecule has 0 amide bonds. The van der Waals surface area contributed by atoms with E-state index < -0.39 is 4.92 Å². The number of hydrogen-bond acceptors (Lipinski definition) is 6. The van der Waals surface area contributed by atoms with Gasteiger partial charge in [-0.1, -0.05) is 24.3 Å². The Morgan fingerprint density at radius 3 is 2.75 bits per heavy atom. The zero-order chi connectivity index (χ0) is 20.5. The molecule has 0 fully saturated rings. The molecule has 9 heteroatoms. The standard InChI is InChI=1S/C19H22N4O4S/c1-4-20-19(28)22-21-11-14-9-16(23(24)25)18(17(10-14)26-3)27-12-15-8-6-5-7-13(15)2/h5-11H,4,12H2,1-3H3,(H2,20,22,28)/b21-11+. The maximum Gasteiger partial charge on any atom is 0.315 e. The van der Waals surface area contributed by atoms with Crippen LogP contribution in [0, 0.1) is 17.0 Å². The van der Waals surface area contributed by atoms with Gasteiger partial charge in [-0.3, -0.25) is 15.5 Å². The van der Waals surface area contributed by atoms with Crippen LogP contribution in [0.1, 0.15) is 23.6 Å². The summed E-state index contributed by atoms with van der Waals surface area (Å²) in [6, 6.07) is 10.7. The molecule has 0 saturated heterocycles. The number of methoxy groups -OCH3 is 1. The van der Waals surface area contributed by atoms with Gasteiger partial charge in [-0.05, 0) is 43.3 Å². The lowest BCUT2D eigenvalue weighted by Crippen LogP contribution is -2.31. The van der Waals surface area contributed by atoms with E-state index in [1.165, 1.54) is 19.4 Å². The van der Waals surface area contributed by atoms with E-state index in [9.17, 15) is 10.1 Å². The average molecular weight is 402 g/mol. The number of nitro groups is 1. The molecule has 148 valence electrons. The van der Waals surface area contributed by atoms with Crippen LogP contribution in [0.5, 0.6) is 11.5 Å². The first kappa shape index (κ1) is 21.1. The Hall–Kier alpha value is -3.20. The summed E-state index contributed by atoms with van der Waals surface area (Å²) in [5.74, 6) is 0.322. The van der Waals surface area contributed by atoms with Gasteiger partial charge in [0.05, 0.1) is 18.2 Å². The molecule has 0 unspecified atom stereocenters. The summed E-state index contributed by atoms with van der Waals surface area (Å²) in [6.45, 7) is 4.71. The molecular weight excluding hydrogens is 380 g/mol. The molecule has 8 nitrogen and oxygen atoms in total. The predicted molar refractivity (Wildman–Crippen MR) is 112 cm³/mol. The Balaban J connectivity index is 2.27. The van der Waals surface area contributed by atoms with Crippen molar-refractivity contribution in [2.24, 2.45) is 5.10 Å². The lowest BCUT2D eigenvalue weighted by Gasteiger charge is -2.13. The summed E-state index contributed by atoms with van der Waals surface area (Å²) < 4.78 is 11.1. The third-order valence-corrected chi connectivity index (χ3v) is 4.06. The molecule has 0 aromatic heterocycles. The minimum Gasteiger partial charge on any atom is -0.493 e. The first-order chi connectivity index (χ1) is 13.5. The van der Waals surface area contributed by atoms with E-state index in [-0.39, 0.29) is 23.8 Å². The summed E-state index contributed by atoms with van der Waals surface area (Å²) in [5, 5.41) is 18.8. The van der Waals surface area contributed by atoms with Crippen LogP contribution in [-0.2, 0) is 6.61 Å². The van der Waals surface area contributed by atoms with Crippen LogP contribution in [0.4, 0.5) is 5.69 Å². The fourth-order valence-electron chi connectivity index (χ4n) is 2.40. The summed E-state index contributed by atoms with van der Waals surface area (Å²) in [5.41, 5.74) is 4.87. The Morgan fingerprint density at radius 2 is 2.11 bits per heavy atom. The van der Waals surface area contributed by atoms with E-state index in [4.69, 9.17) is 21.7 Å². The van der Waals surface area contributed by atoms with Crippen molar-refractivity contribution in [2.45, 2.75) is 20.5 Å². The van der Waals surface area contributed by atoms with Crippen LogP contribution in [0.15, 0.2) is 41.5 Å². The molecule has 0 aliphatic carbocycles. The number of hydrogen-bond donors (Lipinski definition) is 2. The minimum atomic E-state index is -0.510. The molecule has 2 N–H and O–H groups in total. The van der Waals surface area contributed by atoms with Crippen molar-refractivity contribution in [1.29, 1.82) is 0 Å². The van der Waals surface area contributed by atoms with Gasteiger partial charge in [0.1, 0.15) is 6.61 Å². The second-order valence-electron chi connectivity index (χ2n) is 5.77. The molecule has 2 aromatic carbocycles. The quantitative estimate of drug-likeness (QED) is 0.302. The SMILES string of the molecule is CCNC(=S)N/N=C/c1cc(OC)c(OCc2ccccc2C)c([N+](=O)[O-])c1. The third-order valence-electron chi connectivity index (χ3n) is 3.82. The number of aryl methyl sites for hydroxylation is 1. The number of nitrogens with one attached hydrogen (secondary N) is 2. The topological polar surface area (TPSA) is 98.0 Å². The van der Waals surface area contributed by atoms with E-state index in [2.05, 4.69) is 15.8 Å². The number of rotatable bonds is 8. The minimum absolute atomic E-state index is 0.0732. The molecular formula is C19H22N4O4S. The zero-order valence-corrected chi connectivity index (χ0v) is 16.7. The van der Waals surface area contributed by atoms with Crippen molar-refractivity contribution in [3.05, 3.63) is 63.2 Å². The number of thiocarbonyl (C=S) groups is 1. The Labute approximate surface area is 168 Å². The van der Waals surface area contributed by atoms with Crippen molar-refractivity contribution in [2.75, 3.05) is 13.7 Å². The molecule has 0 spiro atoms. The molecule has 0 saturated carbocycles. The van der Waals surface area contributed by atoms with Crippen molar-refractivity contribution in [3.63, 3.8) is 0 Å². The first-order valence-corrected chi connectivity index (χ1v) is 8.97. The van der Waals surface area contributed by atoms with Crippen molar-refractivity contribution in [3.8, 4) is 11.5 Å². The van der Waals surface area contributed by atoms with Crippen LogP contribution in [-0.4, -0.2) is 29.9 Å². The van der Waals surface area contributed by atoms with E-state index in [0.29, 0.717) is 17.2 Å². The van der Waals surface area contributed by atoms with Gasteiger partial charge in [0.15, 0.2) is 10.9 Å². The van der Waals surface area contributed by atoms with Crippen LogP contribution < -0.4 is 20.2 Å². The highest BCUT2D eigenvalue weighted by molar-refractivity contribution is 7.80. The van der Waals surface area contributed by atoms with E-state index in [1.54, 1.807) is 6.07 Å². The van der Waals surface area contributed by atoms with Gasteiger partial charge >= 0.3 is 5.69 Å². The smallest absolute Gasteiger partial charge is 0.315 e.